The fourth-order valence-electron chi connectivity index (χ4n) is 2.08. The predicted octanol–water partition coefficient (Wildman–Crippen LogP) is 4.08. The Morgan fingerprint density at radius 1 is 1.05 bits per heavy atom. The third kappa shape index (κ3) is 3.04. The number of nitrogens with zero attached hydrogens (tertiary/aromatic N) is 1. The Hall–Kier alpha value is -1.59. The molecule has 0 bridgehead atoms. The standard InChI is InChI=1S/C15H15ClFNO2S/c1-11(2)18(12-7-4-3-5-8-12)21(19,20)14-10-6-9-13(16)15(14)17/h3-11H,1-2H3. The number of hydrogen-bond donors (Lipinski definition) is 0. The zero-order chi connectivity index (χ0) is 15.6. The number of rotatable bonds is 4. The minimum absolute atomic E-state index is 0.215. The molecule has 0 atom stereocenters. The van der Waals surface area contributed by atoms with Crippen LogP contribution < -0.4 is 4.31 Å². The molecule has 0 saturated heterocycles. The van der Waals surface area contributed by atoms with E-state index in [1.165, 1.54) is 22.5 Å². The lowest BCUT2D eigenvalue weighted by Crippen LogP contribution is -2.37. The normalized spacial score (nSPS) is 11.7. The molecule has 2 aromatic carbocycles. The van der Waals surface area contributed by atoms with Gasteiger partial charge in [-0.15, -0.1) is 0 Å². The van der Waals surface area contributed by atoms with Crippen molar-refractivity contribution in [3.8, 4) is 0 Å². The highest BCUT2D eigenvalue weighted by molar-refractivity contribution is 7.92. The molecule has 0 aromatic heterocycles. The fraction of sp³-hybridized carbons (Fsp3) is 0.200. The lowest BCUT2D eigenvalue weighted by atomic mass is 10.3. The van der Waals surface area contributed by atoms with Crippen LogP contribution in [0.15, 0.2) is 53.4 Å². The van der Waals surface area contributed by atoms with E-state index in [4.69, 9.17) is 11.6 Å². The Morgan fingerprint density at radius 3 is 2.24 bits per heavy atom. The first-order valence-electron chi connectivity index (χ1n) is 6.39. The summed E-state index contributed by atoms with van der Waals surface area (Å²) in [6.45, 7) is 3.46. The summed E-state index contributed by atoms with van der Waals surface area (Å²) < 4.78 is 40.8. The van der Waals surface area contributed by atoms with Gasteiger partial charge in [0.15, 0.2) is 5.82 Å². The van der Waals surface area contributed by atoms with E-state index in [2.05, 4.69) is 0 Å². The summed E-state index contributed by atoms with van der Waals surface area (Å²) in [5.41, 5.74) is 0.479. The van der Waals surface area contributed by atoms with Crippen LogP contribution >= 0.6 is 11.6 Å². The number of para-hydroxylation sites is 1. The van der Waals surface area contributed by atoms with E-state index in [0.717, 1.165) is 0 Å². The van der Waals surface area contributed by atoms with Crippen molar-refractivity contribution >= 4 is 27.3 Å². The lowest BCUT2D eigenvalue weighted by Gasteiger charge is -2.28. The van der Waals surface area contributed by atoms with E-state index < -0.39 is 20.7 Å². The van der Waals surface area contributed by atoms with Crippen molar-refractivity contribution in [2.75, 3.05) is 4.31 Å². The summed E-state index contributed by atoms with van der Waals surface area (Å²) >= 11 is 5.69. The molecule has 0 heterocycles. The van der Waals surface area contributed by atoms with Gasteiger partial charge in [-0.1, -0.05) is 35.9 Å². The third-order valence-corrected chi connectivity index (χ3v) is 5.25. The molecule has 0 aliphatic rings. The number of benzene rings is 2. The topological polar surface area (TPSA) is 37.4 Å². The van der Waals surface area contributed by atoms with Crippen LogP contribution in [0.25, 0.3) is 0 Å². The second-order valence-electron chi connectivity index (χ2n) is 4.78. The van der Waals surface area contributed by atoms with E-state index in [0.29, 0.717) is 5.69 Å². The van der Waals surface area contributed by atoms with Crippen molar-refractivity contribution in [1.82, 2.24) is 0 Å². The zero-order valence-corrected chi connectivity index (χ0v) is 13.2. The Balaban J connectivity index is 2.62. The van der Waals surface area contributed by atoms with E-state index in [1.54, 1.807) is 44.2 Å². The summed E-state index contributed by atoms with van der Waals surface area (Å²) in [6.07, 6.45) is 0. The van der Waals surface area contributed by atoms with Gasteiger partial charge in [-0.2, -0.15) is 0 Å². The van der Waals surface area contributed by atoms with Crippen LogP contribution in [0, 0.1) is 5.82 Å². The molecule has 2 rings (SSSR count). The molecule has 3 nitrogen and oxygen atoms in total. The van der Waals surface area contributed by atoms with Crippen molar-refractivity contribution in [1.29, 1.82) is 0 Å². The van der Waals surface area contributed by atoms with Gasteiger partial charge in [0.25, 0.3) is 10.0 Å². The van der Waals surface area contributed by atoms with Gasteiger partial charge in [0.1, 0.15) is 4.90 Å². The van der Waals surface area contributed by atoms with Crippen LogP contribution in [0.1, 0.15) is 13.8 Å². The van der Waals surface area contributed by atoms with Gasteiger partial charge in [-0.25, -0.2) is 12.8 Å². The van der Waals surface area contributed by atoms with Crippen LogP contribution in [0.4, 0.5) is 10.1 Å². The van der Waals surface area contributed by atoms with Gasteiger partial charge in [0.05, 0.1) is 10.7 Å². The minimum atomic E-state index is -4.03. The smallest absolute Gasteiger partial charge is 0.264 e. The second-order valence-corrected chi connectivity index (χ2v) is 6.97. The fourth-order valence-corrected chi connectivity index (χ4v) is 4.06. The molecule has 6 heteroatoms. The lowest BCUT2D eigenvalue weighted by molar-refractivity contribution is 0.559. The zero-order valence-electron chi connectivity index (χ0n) is 11.6. The molecule has 0 fully saturated rings. The van der Waals surface area contributed by atoms with Gasteiger partial charge in [0.2, 0.25) is 0 Å². The van der Waals surface area contributed by atoms with E-state index in [9.17, 15) is 12.8 Å². The van der Waals surface area contributed by atoms with Crippen molar-refractivity contribution in [2.45, 2.75) is 24.8 Å². The van der Waals surface area contributed by atoms with Crippen molar-refractivity contribution in [2.24, 2.45) is 0 Å². The maximum absolute atomic E-state index is 14.1. The predicted molar refractivity (Wildman–Crippen MR) is 82.7 cm³/mol. The first kappa shape index (κ1) is 15.8. The first-order valence-corrected chi connectivity index (χ1v) is 8.21. The van der Waals surface area contributed by atoms with Gasteiger partial charge in [0, 0.05) is 6.04 Å². The average molecular weight is 328 g/mol. The van der Waals surface area contributed by atoms with Gasteiger partial charge in [-0.3, -0.25) is 4.31 Å². The molecule has 112 valence electrons. The number of hydrogen-bond acceptors (Lipinski definition) is 2. The number of anilines is 1. The maximum Gasteiger partial charge on any atom is 0.267 e. The van der Waals surface area contributed by atoms with Crippen molar-refractivity contribution in [3.05, 3.63) is 59.4 Å². The summed E-state index contributed by atoms with van der Waals surface area (Å²) in [5, 5.41) is -0.215. The largest absolute Gasteiger partial charge is 0.267 e. The Morgan fingerprint density at radius 2 is 1.67 bits per heavy atom. The van der Waals surface area contributed by atoms with Crippen molar-refractivity contribution < 1.29 is 12.8 Å². The molecule has 0 spiro atoms. The number of sulfonamides is 1. The number of halogens is 2. The average Bonchev–Trinajstić information content (AvgIpc) is 2.42. The van der Waals surface area contributed by atoms with Crippen LogP contribution in [-0.2, 0) is 10.0 Å². The van der Waals surface area contributed by atoms with Gasteiger partial charge >= 0.3 is 0 Å². The van der Waals surface area contributed by atoms with E-state index in [-0.39, 0.29) is 11.1 Å². The molecular weight excluding hydrogens is 313 g/mol. The van der Waals surface area contributed by atoms with Crippen LogP contribution in [0.5, 0.6) is 0 Å². The Kier molecular flexibility index (Phi) is 4.54. The quantitative estimate of drug-likeness (QED) is 0.848. The van der Waals surface area contributed by atoms with Gasteiger partial charge < -0.3 is 0 Å². The van der Waals surface area contributed by atoms with E-state index >= 15 is 0 Å². The summed E-state index contributed by atoms with van der Waals surface area (Å²) in [4.78, 5) is -0.424. The molecule has 0 saturated carbocycles. The Bertz CT molecular complexity index is 733. The molecule has 21 heavy (non-hydrogen) atoms. The molecular formula is C15H15ClFNO2S. The third-order valence-electron chi connectivity index (χ3n) is 2.93. The van der Waals surface area contributed by atoms with Crippen LogP contribution in [0.3, 0.4) is 0 Å². The molecule has 0 amide bonds. The van der Waals surface area contributed by atoms with Crippen molar-refractivity contribution in [3.63, 3.8) is 0 Å². The molecule has 0 N–H and O–H groups in total. The molecule has 0 aliphatic carbocycles. The Labute approximate surface area is 129 Å². The minimum Gasteiger partial charge on any atom is -0.264 e. The first-order chi connectivity index (χ1) is 9.85. The molecule has 0 radical (unpaired) electrons. The van der Waals surface area contributed by atoms with Crippen LogP contribution in [0.2, 0.25) is 5.02 Å². The van der Waals surface area contributed by atoms with E-state index in [1.807, 2.05) is 0 Å². The second kappa shape index (κ2) is 6.03. The van der Waals surface area contributed by atoms with Gasteiger partial charge in [-0.05, 0) is 38.1 Å². The molecule has 2 aromatic rings. The van der Waals surface area contributed by atoms with Crippen LogP contribution in [-0.4, -0.2) is 14.5 Å². The highest BCUT2D eigenvalue weighted by Gasteiger charge is 2.30. The highest BCUT2D eigenvalue weighted by atomic mass is 35.5. The SMILES string of the molecule is CC(C)N(c1ccccc1)S(=O)(=O)c1cccc(Cl)c1F. The molecule has 0 unspecified atom stereocenters. The molecule has 0 aliphatic heterocycles. The monoisotopic (exact) mass is 327 g/mol. The maximum atomic E-state index is 14.1. The highest BCUT2D eigenvalue weighted by Crippen LogP contribution is 2.29. The summed E-state index contributed by atoms with van der Waals surface area (Å²) in [5.74, 6) is -0.930. The summed E-state index contributed by atoms with van der Waals surface area (Å²) in [6, 6.07) is 12.2. The summed E-state index contributed by atoms with van der Waals surface area (Å²) in [7, 11) is -4.03.